The summed E-state index contributed by atoms with van der Waals surface area (Å²) >= 11 is 0. The largest absolute Gasteiger partial charge is 0.472 e. The van der Waals surface area contributed by atoms with Crippen LogP contribution in [0.1, 0.15) is 369 Å². The molecule has 0 spiro atoms. The Hall–Kier alpha value is -1.94. The fourth-order valence-corrected chi connectivity index (χ4v) is 12.4. The molecule has 0 radical (unpaired) electrons. The van der Waals surface area contributed by atoms with Crippen LogP contribution in [-0.2, 0) is 65.4 Å². The van der Waals surface area contributed by atoms with Crippen LogP contribution in [0.2, 0.25) is 0 Å². The highest BCUT2D eigenvalue weighted by Crippen LogP contribution is 2.45. The highest BCUT2D eigenvalue weighted by molar-refractivity contribution is 7.47. The second-order valence-electron chi connectivity index (χ2n) is 25.9. The van der Waals surface area contributed by atoms with Crippen molar-refractivity contribution in [3.05, 3.63) is 0 Å². The van der Waals surface area contributed by atoms with E-state index in [1.807, 2.05) is 0 Å². The number of unbranched alkanes of at least 4 members (excludes halogenated alkanes) is 42. The number of hydrogen-bond donors (Lipinski definition) is 3. The second-order valence-corrected chi connectivity index (χ2v) is 28.8. The number of aliphatic hydroxyl groups excluding tert-OH is 1. The van der Waals surface area contributed by atoms with Crippen molar-refractivity contribution in [2.75, 3.05) is 39.6 Å². The average molecular weight is 1330 g/mol. The van der Waals surface area contributed by atoms with Crippen LogP contribution in [0.5, 0.6) is 0 Å². The van der Waals surface area contributed by atoms with Gasteiger partial charge >= 0.3 is 39.5 Å². The first-order valence-electron chi connectivity index (χ1n) is 37.2. The summed E-state index contributed by atoms with van der Waals surface area (Å²) in [5, 5.41) is 10.6. The number of ether oxygens (including phenoxy) is 4. The van der Waals surface area contributed by atoms with Crippen LogP contribution < -0.4 is 0 Å². The molecular weight excluding hydrogens is 1190 g/mol. The minimum absolute atomic E-state index is 0.103. The fourth-order valence-electron chi connectivity index (χ4n) is 10.8. The molecule has 0 rings (SSSR count). The van der Waals surface area contributed by atoms with Crippen molar-refractivity contribution in [1.82, 2.24) is 0 Å². The molecule has 0 saturated carbocycles. The maximum Gasteiger partial charge on any atom is 0.472 e. The summed E-state index contributed by atoms with van der Waals surface area (Å²) in [6, 6.07) is 0. The highest BCUT2D eigenvalue weighted by atomic mass is 31.2. The Labute approximate surface area is 549 Å². The molecular formula is C71H138O17P2. The summed E-state index contributed by atoms with van der Waals surface area (Å²) in [6.07, 6.45) is 51.6. The lowest BCUT2D eigenvalue weighted by Gasteiger charge is -2.21. The Bertz CT molecular complexity index is 1740. The van der Waals surface area contributed by atoms with E-state index in [1.165, 1.54) is 180 Å². The second kappa shape index (κ2) is 64.4. The van der Waals surface area contributed by atoms with Crippen molar-refractivity contribution in [3.63, 3.8) is 0 Å². The van der Waals surface area contributed by atoms with Gasteiger partial charge in [0.05, 0.1) is 26.4 Å². The Kier molecular flexibility index (Phi) is 63.0. The van der Waals surface area contributed by atoms with Crippen LogP contribution in [0.25, 0.3) is 0 Å². The summed E-state index contributed by atoms with van der Waals surface area (Å²) in [5.74, 6) is -1.41. The van der Waals surface area contributed by atoms with Gasteiger partial charge in [0.1, 0.15) is 19.3 Å². The first kappa shape index (κ1) is 88.1. The van der Waals surface area contributed by atoms with Crippen LogP contribution in [0, 0.1) is 5.92 Å². The third-order valence-corrected chi connectivity index (χ3v) is 18.8. The maximum atomic E-state index is 13.0. The highest BCUT2D eigenvalue weighted by Gasteiger charge is 2.30. The van der Waals surface area contributed by atoms with E-state index in [2.05, 4.69) is 34.6 Å². The summed E-state index contributed by atoms with van der Waals surface area (Å²) in [4.78, 5) is 72.4. The van der Waals surface area contributed by atoms with Crippen molar-refractivity contribution in [2.45, 2.75) is 387 Å². The number of phosphoric ester groups is 2. The van der Waals surface area contributed by atoms with Gasteiger partial charge in [-0.25, -0.2) is 9.13 Å². The number of hydrogen-bond acceptors (Lipinski definition) is 15. The molecule has 19 heteroatoms. The van der Waals surface area contributed by atoms with Gasteiger partial charge in [0.15, 0.2) is 12.2 Å². The third kappa shape index (κ3) is 63.5. The number of aliphatic hydroxyl groups is 1. The van der Waals surface area contributed by atoms with Gasteiger partial charge in [-0.05, 0) is 31.6 Å². The van der Waals surface area contributed by atoms with E-state index < -0.39 is 97.5 Å². The van der Waals surface area contributed by atoms with Gasteiger partial charge < -0.3 is 33.8 Å². The van der Waals surface area contributed by atoms with E-state index in [9.17, 15) is 43.2 Å². The predicted octanol–water partition coefficient (Wildman–Crippen LogP) is 20.5. The van der Waals surface area contributed by atoms with Crippen molar-refractivity contribution in [3.8, 4) is 0 Å². The summed E-state index contributed by atoms with van der Waals surface area (Å²) < 4.78 is 68.2. The van der Waals surface area contributed by atoms with Crippen LogP contribution in [0.4, 0.5) is 0 Å². The SMILES string of the molecule is CCCCCCCCCCCCCCCCCCCCCCC(=O)O[C@H](COC(=O)CCCCCCCCCCCCCCC)COP(=O)(O)OC[C@@H](O)COP(=O)(O)OC[C@@H](COC(=O)CCCCCCCCC)OC(=O)CCCCCCCCC(C)CC. The molecule has 6 atom stereocenters. The minimum atomic E-state index is -4.95. The van der Waals surface area contributed by atoms with Crippen molar-refractivity contribution < 1.29 is 80.2 Å². The first-order chi connectivity index (χ1) is 43.6. The van der Waals surface area contributed by atoms with E-state index in [0.29, 0.717) is 25.7 Å². The molecule has 0 aliphatic heterocycles. The quantitative estimate of drug-likeness (QED) is 0.0222. The molecule has 17 nitrogen and oxygen atoms in total. The molecule has 0 aromatic carbocycles. The van der Waals surface area contributed by atoms with Gasteiger partial charge in [-0.3, -0.25) is 37.3 Å². The lowest BCUT2D eigenvalue weighted by molar-refractivity contribution is -0.161. The molecule has 3 unspecified atom stereocenters. The van der Waals surface area contributed by atoms with E-state index in [4.69, 9.17) is 37.0 Å². The molecule has 0 aromatic heterocycles. The van der Waals surface area contributed by atoms with Crippen LogP contribution in [-0.4, -0.2) is 96.7 Å². The van der Waals surface area contributed by atoms with Gasteiger partial charge in [-0.2, -0.15) is 0 Å². The molecule has 534 valence electrons. The molecule has 0 aliphatic rings. The molecule has 0 aromatic rings. The molecule has 3 N–H and O–H groups in total. The predicted molar refractivity (Wildman–Crippen MR) is 363 cm³/mol. The number of esters is 4. The molecule has 0 bridgehead atoms. The van der Waals surface area contributed by atoms with Crippen molar-refractivity contribution >= 4 is 39.5 Å². The van der Waals surface area contributed by atoms with Crippen LogP contribution in [0.3, 0.4) is 0 Å². The molecule has 0 saturated heterocycles. The monoisotopic (exact) mass is 1320 g/mol. The van der Waals surface area contributed by atoms with Gasteiger partial charge in [0.2, 0.25) is 0 Å². The van der Waals surface area contributed by atoms with Gasteiger partial charge in [-0.15, -0.1) is 0 Å². The molecule has 90 heavy (non-hydrogen) atoms. The van der Waals surface area contributed by atoms with Gasteiger partial charge in [-0.1, -0.05) is 317 Å². The van der Waals surface area contributed by atoms with E-state index in [1.54, 1.807) is 0 Å². The third-order valence-electron chi connectivity index (χ3n) is 16.9. The summed E-state index contributed by atoms with van der Waals surface area (Å²) in [6.45, 7) is 7.16. The Morgan fingerprint density at radius 1 is 0.311 bits per heavy atom. The van der Waals surface area contributed by atoms with E-state index in [-0.39, 0.29) is 25.7 Å². The molecule has 0 amide bonds. The molecule has 0 heterocycles. The summed E-state index contributed by atoms with van der Waals surface area (Å²) in [7, 11) is -9.89. The van der Waals surface area contributed by atoms with Crippen LogP contribution >= 0.6 is 15.6 Å². The van der Waals surface area contributed by atoms with Crippen LogP contribution in [0.15, 0.2) is 0 Å². The summed E-state index contributed by atoms with van der Waals surface area (Å²) in [5.41, 5.74) is 0. The zero-order valence-corrected chi connectivity index (χ0v) is 60.1. The molecule has 0 aliphatic carbocycles. The number of phosphoric acid groups is 2. The standard InChI is InChI=1S/C71H138O17P2/c1-6-10-13-16-19-21-23-25-26-27-28-29-30-31-33-35-37-40-46-51-56-70(75)87-66(61-82-69(74)55-50-45-39-36-34-32-24-22-20-17-14-11-7-2)62-85-89(77,78)83-58-65(72)59-84-90(79,80)86-63-67(60-81-68(73)54-49-44-38-18-15-12-8-3)88-71(76)57-52-47-42-41-43-48-53-64(5)9-4/h64-67,72H,6-63H2,1-5H3,(H,77,78)(H,79,80)/t64?,65-,66-,67-/m1/s1. The first-order valence-corrected chi connectivity index (χ1v) is 40.2. The fraction of sp³-hybridized carbons (Fsp3) is 0.944. The van der Waals surface area contributed by atoms with Gasteiger partial charge in [0.25, 0.3) is 0 Å². The van der Waals surface area contributed by atoms with E-state index >= 15 is 0 Å². The zero-order valence-electron chi connectivity index (χ0n) is 58.3. The van der Waals surface area contributed by atoms with Crippen molar-refractivity contribution in [2.24, 2.45) is 5.92 Å². The average Bonchev–Trinajstić information content (AvgIpc) is 3.01. The molecule has 0 fully saturated rings. The topological polar surface area (TPSA) is 237 Å². The smallest absolute Gasteiger partial charge is 0.462 e. The zero-order chi connectivity index (χ0) is 66.3. The Morgan fingerprint density at radius 2 is 0.533 bits per heavy atom. The number of rotatable bonds is 71. The number of carbonyl (C=O) groups is 4. The normalized spacial score (nSPS) is 14.4. The van der Waals surface area contributed by atoms with Crippen molar-refractivity contribution in [1.29, 1.82) is 0 Å². The maximum absolute atomic E-state index is 13.0. The van der Waals surface area contributed by atoms with Gasteiger partial charge in [0, 0.05) is 25.7 Å². The number of carbonyl (C=O) groups excluding carboxylic acids is 4. The lowest BCUT2D eigenvalue weighted by Crippen LogP contribution is -2.30. The Morgan fingerprint density at radius 3 is 0.789 bits per heavy atom. The lowest BCUT2D eigenvalue weighted by atomic mass is 10.00. The Balaban J connectivity index is 5.16. The van der Waals surface area contributed by atoms with E-state index in [0.717, 1.165) is 109 Å². The minimum Gasteiger partial charge on any atom is -0.462 e.